The maximum atomic E-state index is 12.5. The highest BCUT2D eigenvalue weighted by Gasteiger charge is 2.32. The van der Waals surface area contributed by atoms with Crippen LogP contribution in [0.4, 0.5) is 30.6 Å². The molecule has 6 nitrogen and oxygen atoms in total. The predicted molar refractivity (Wildman–Crippen MR) is 117 cm³/mol. The van der Waals surface area contributed by atoms with Crippen LogP contribution in [0, 0.1) is 0 Å². The van der Waals surface area contributed by atoms with Crippen molar-refractivity contribution in [3.05, 3.63) is 53.8 Å². The standard InChI is InChI=1S/C22H21ClF3N5O/c23-17-11-16(8-9-19(17)32-22(24,25)26)28-20-12-18(14-5-4-10-27-13-14)30-21(31-20)29-15-6-2-1-3-7-15/h4-5,8-13,15H,1-3,6-7H2,(H2,28,29,30,31). The van der Waals surface area contributed by atoms with Crippen LogP contribution in [-0.4, -0.2) is 27.4 Å². The summed E-state index contributed by atoms with van der Waals surface area (Å²) in [5.74, 6) is 0.477. The molecule has 4 rings (SSSR count). The second-order valence-electron chi connectivity index (χ2n) is 7.50. The van der Waals surface area contributed by atoms with E-state index in [1.165, 1.54) is 18.6 Å². The maximum absolute atomic E-state index is 12.5. The molecule has 0 unspecified atom stereocenters. The molecule has 1 fully saturated rings. The molecule has 0 atom stereocenters. The Kier molecular flexibility index (Phi) is 6.64. The minimum atomic E-state index is -4.82. The minimum Gasteiger partial charge on any atom is -0.404 e. The van der Waals surface area contributed by atoms with Crippen molar-refractivity contribution in [2.45, 2.75) is 44.5 Å². The lowest BCUT2D eigenvalue weighted by Crippen LogP contribution is -2.23. The fourth-order valence-corrected chi connectivity index (χ4v) is 3.82. The number of halogens is 4. The van der Waals surface area contributed by atoms with E-state index < -0.39 is 12.1 Å². The Morgan fingerprint density at radius 2 is 1.84 bits per heavy atom. The average Bonchev–Trinajstić information content (AvgIpc) is 2.76. The fourth-order valence-electron chi connectivity index (χ4n) is 3.60. The molecule has 0 aliphatic heterocycles. The van der Waals surface area contributed by atoms with Crippen molar-refractivity contribution in [2.24, 2.45) is 0 Å². The van der Waals surface area contributed by atoms with E-state index in [-0.39, 0.29) is 5.02 Å². The van der Waals surface area contributed by atoms with Gasteiger partial charge in [0.1, 0.15) is 11.6 Å². The highest BCUT2D eigenvalue weighted by atomic mass is 35.5. The van der Waals surface area contributed by atoms with Crippen LogP contribution in [0.15, 0.2) is 48.8 Å². The van der Waals surface area contributed by atoms with E-state index in [0.29, 0.717) is 29.2 Å². The Hall–Kier alpha value is -3.07. The zero-order valence-electron chi connectivity index (χ0n) is 17.0. The first-order chi connectivity index (χ1) is 15.4. The highest BCUT2D eigenvalue weighted by Crippen LogP contribution is 2.33. The van der Waals surface area contributed by atoms with Crippen LogP contribution < -0.4 is 15.4 Å². The molecule has 0 radical (unpaired) electrons. The van der Waals surface area contributed by atoms with Gasteiger partial charge in [0, 0.05) is 35.8 Å². The second kappa shape index (κ2) is 9.60. The number of rotatable bonds is 6. The van der Waals surface area contributed by atoms with Gasteiger partial charge in [-0.15, -0.1) is 13.2 Å². The van der Waals surface area contributed by atoms with Crippen LogP contribution in [-0.2, 0) is 0 Å². The SMILES string of the molecule is FC(F)(F)Oc1ccc(Nc2cc(-c3cccnc3)nc(NC3CCCCC3)n2)cc1Cl. The molecule has 10 heteroatoms. The minimum absolute atomic E-state index is 0.172. The Balaban J connectivity index is 1.60. The summed E-state index contributed by atoms with van der Waals surface area (Å²) in [5.41, 5.74) is 1.94. The maximum Gasteiger partial charge on any atom is 0.573 e. The summed E-state index contributed by atoms with van der Waals surface area (Å²) >= 11 is 5.97. The van der Waals surface area contributed by atoms with Crippen molar-refractivity contribution in [3.63, 3.8) is 0 Å². The Labute approximate surface area is 188 Å². The van der Waals surface area contributed by atoms with Crippen LogP contribution in [0.2, 0.25) is 5.02 Å². The number of aromatic nitrogens is 3. The fraction of sp³-hybridized carbons (Fsp3) is 0.318. The molecule has 32 heavy (non-hydrogen) atoms. The Bertz CT molecular complexity index is 1060. The van der Waals surface area contributed by atoms with Gasteiger partial charge in [0.15, 0.2) is 0 Å². The van der Waals surface area contributed by atoms with Crippen molar-refractivity contribution in [1.82, 2.24) is 15.0 Å². The number of ether oxygens (including phenoxy) is 1. The lowest BCUT2D eigenvalue weighted by molar-refractivity contribution is -0.274. The van der Waals surface area contributed by atoms with Crippen molar-refractivity contribution >= 4 is 29.1 Å². The van der Waals surface area contributed by atoms with Gasteiger partial charge in [-0.05, 0) is 43.2 Å². The van der Waals surface area contributed by atoms with Gasteiger partial charge in [-0.25, -0.2) is 4.98 Å². The zero-order chi connectivity index (χ0) is 22.6. The largest absolute Gasteiger partial charge is 0.573 e. The lowest BCUT2D eigenvalue weighted by atomic mass is 9.96. The van der Waals surface area contributed by atoms with Crippen LogP contribution in [0.3, 0.4) is 0 Å². The summed E-state index contributed by atoms with van der Waals surface area (Å²) in [6.45, 7) is 0. The van der Waals surface area contributed by atoms with Crippen molar-refractivity contribution < 1.29 is 17.9 Å². The summed E-state index contributed by atoms with van der Waals surface area (Å²) in [6.07, 6.45) is 4.24. The average molecular weight is 464 g/mol. The highest BCUT2D eigenvalue weighted by molar-refractivity contribution is 6.32. The predicted octanol–water partition coefficient (Wildman–Crippen LogP) is 6.58. The first-order valence-corrected chi connectivity index (χ1v) is 10.6. The first-order valence-electron chi connectivity index (χ1n) is 10.2. The molecule has 1 aliphatic carbocycles. The molecule has 2 aromatic heterocycles. The summed E-state index contributed by atoms with van der Waals surface area (Å²) in [6, 6.07) is 9.70. The molecule has 168 valence electrons. The molecule has 2 N–H and O–H groups in total. The Morgan fingerprint density at radius 3 is 2.53 bits per heavy atom. The van der Waals surface area contributed by atoms with Gasteiger partial charge < -0.3 is 15.4 Å². The zero-order valence-corrected chi connectivity index (χ0v) is 17.7. The van der Waals surface area contributed by atoms with Crippen LogP contribution in [0.1, 0.15) is 32.1 Å². The lowest BCUT2D eigenvalue weighted by Gasteiger charge is -2.23. The van der Waals surface area contributed by atoms with Gasteiger partial charge in [0.25, 0.3) is 0 Å². The van der Waals surface area contributed by atoms with Crippen LogP contribution in [0.25, 0.3) is 11.3 Å². The Morgan fingerprint density at radius 1 is 1.03 bits per heavy atom. The number of hydrogen-bond acceptors (Lipinski definition) is 6. The molecule has 0 spiro atoms. The molecule has 0 amide bonds. The molecule has 1 aliphatic rings. The molecule has 2 heterocycles. The van der Waals surface area contributed by atoms with E-state index in [1.807, 2.05) is 12.1 Å². The molecule has 0 bridgehead atoms. The molecular formula is C22H21ClF3N5O. The summed E-state index contributed by atoms with van der Waals surface area (Å²) in [7, 11) is 0. The summed E-state index contributed by atoms with van der Waals surface area (Å²) in [4.78, 5) is 13.3. The third-order valence-electron chi connectivity index (χ3n) is 5.05. The number of nitrogens with zero attached hydrogens (tertiary/aromatic N) is 3. The third-order valence-corrected chi connectivity index (χ3v) is 5.35. The van der Waals surface area contributed by atoms with E-state index in [4.69, 9.17) is 11.6 Å². The van der Waals surface area contributed by atoms with Gasteiger partial charge in [-0.2, -0.15) is 4.98 Å². The van der Waals surface area contributed by atoms with E-state index in [9.17, 15) is 13.2 Å². The molecule has 1 aromatic carbocycles. The third kappa shape index (κ3) is 6.00. The van der Waals surface area contributed by atoms with Gasteiger partial charge in [-0.3, -0.25) is 4.98 Å². The number of alkyl halides is 3. The van der Waals surface area contributed by atoms with Crippen molar-refractivity contribution in [2.75, 3.05) is 10.6 Å². The quantitative estimate of drug-likeness (QED) is 0.430. The van der Waals surface area contributed by atoms with E-state index in [2.05, 4.69) is 30.3 Å². The van der Waals surface area contributed by atoms with E-state index >= 15 is 0 Å². The number of pyridine rings is 1. The topological polar surface area (TPSA) is 72.0 Å². The summed E-state index contributed by atoms with van der Waals surface area (Å²) < 4.78 is 41.4. The van der Waals surface area contributed by atoms with E-state index in [0.717, 1.165) is 37.3 Å². The van der Waals surface area contributed by atoms with Crippen LogP contribution >= 0.6 is 11.6 Å². The number of anilines is 3. The van der Waals surface area contributed by atoms with Crippen molar-refractivity contribution in [3.8, 4) is 17.0 Å². The smallest absolute Gasteiger partial charge is 0.404 e. The molecular weight excluding hydrogens is 443 g/mol. The second-order valence-corrected chi connectivity index (χ2v) is 7.91. The first kappa shape index (κ1) is 22.1. The van der Waals surface area contributed by atoms with E-state index in [1.54, 1.807) is 18.5 Å². The van der Waals surface area contributed by atoms with Crippen molar-refractivity contribution in [1.29, 1.82) is 0 Å². The molecule has 0 saturated heterocycles. The van der Waals surface area contributed by atoms with Gasteiger partial charge in [0.2, 0.25) is 5.95 Å². The normalized spacial score (nSPS) is 14.8. The van der Waals surface area contributed by atoms with Gasteiger partial charge in [0.05, 0.1) is 10.7 Å². The molecule has 3 aromatic rings. The monoisotopic (exact) mass is 463 g/mol. The van der Waals surface area contributed by atoms with Crippen LogP contribution in [0.5, 0.6) is 5.75 Å². The van der Waals surface area contributed by atoms with Gasteiger partial charge in [-0.1, -0.05) is 30.9 Å². The number of benzene rings is 1. The molecule has 1 saturated carbocycles. The summed E-state index contributed by atoms with van der Waals surface area (Å²) in [5, 5.41) is 6.33. The number of nitrogens with one attached hydrogen (secondary N) is 2. The van der Waals surface area contributed by atoms with Gasteiger partial charge >= 0.3 is 6.36 Å². The number of hydrogen-bond donors (Lipinski definition) is 2.